The third-order valence-electron chi connectivity index (χ3n) is 3.20. The van der Waals surface area contributed by atoms with E-state index in [1.165, 1.54) is 0 Å². The smallest absolute Gasteiger partial charge is 0.247 e. The number of rotatable bonds is 2. The highest BCUT2D eigenvalue weighted by Gasteiger charge is 2.24. The summed E-state index contributed by atoms with van der Waals surface area (Å²) in [6.07, 6.45) is 0. The fourth-order valence-electron chi connectivity index (χ4n) is 2.29. The summed E-state index contributed by atoms with van der Waals surface area (Å²) in [6, 6.07) is 1.79. The molecule has 0 aromatic carbocycles. The van der Waals surface area contributed by atoms with Gasteiger partial charge in [0.05, 0.1) is 5.69 Å². The van der Waals surface area contributed by atoms with Crippen LogP contribution in [-0.4, -0.2) is 46.8 Å². The van der Waals surface area contributed by atoms with Crippen molar-refractivity contribution in [2.45, 2.75) is 26.8 Å². The molecule has 1 saturated heterocycles. The van der Waals surface area contributed by atoms with Gasteiger partial charge in [-0.2, -0.15) is 5.10 Å². The van der Waals surface area contributed by atoms with Crippen LogP contribution in [0.15, 0.2) is 6.07 Å². The summed E-state index contributed by atoms with van der Waals surface area (Å²) in [4.78, 5) is 14.2. The predicted octanol–water partition coefficient (Wildman–Crippen LogP) is 0.493. The van der Waals surface area contributed by atoms with Crippen molar-refractivity contribution >= 4 is 5.91 Å². The lowest BCUT2D eigenvalue weighted by Crippen LogP contribution is -2.48. The van der Waals surface area contributed by atoms with Crippen LogP contribution in [0.25, 0.3) is 0 Å². The zero-order chi connectivity index (χ0) is 12.4. The number of nitrogens with zero attached hydrogens (tertiary/aromatic N) is 3. The number of piperazine rings is 1. The van der Waals surface area contributed by atoms with Crippen LogP contribution >= 0.6 is 0 Å². The number of carbonyl (C=O) groups is 1. The Labute approximate surface area is 102 Å². The van der Waals surface area contributed by atoms with Gasteiger partial charge in [0.1, 0.15) is 6.04 Å². The summed E-state index contributed by atoms with van der Waals surface area (Å²) in [5, 5.41) is 7.63. The molecule has 1 atom stereocenters. The molecule has 0 bridgehead atoms. The molecule has 17 heavy (non-hydrogen) atoms. The summed E-state index contributed by atoms with van der Waals surface area (Å²) in [7, 11) is 0. The lowest BCUT2D eigenvalue weighted by Gasteiger charge is -2.30. The second kappa shape index (κ2) is 4.87. The van der Waals surface area contributed by atoms with Gasteiger partial charge in [-0.1, -0.05) is 0 Å². The summed E-state index contributed by atoms with van der Waals surface area (Å²) in [5.41, 5.74) is 2.00. The van der Waals surface area contributed by atoms with Crippen molar-refractivity contribution in [1.82, 2.24) is 20.0 Å². The van der Waals surface area contributed by atoms with E-state index in [9.17, 15) is 4.79 Å². The minimum Gasteiger partial charge on any atom is -0.338 e. The summed E-state index contributed by atoms with van der Waals surface area (Å²) in [5.74, 6) is 0.165. The molecule has 0 spiro atoms. The van der Waals surface area contributed by atoms with E-state index < -0.39 is 0 Å². The summed E-state index contributed by atoms with van der Waals surface area (Å²) < 4.78 is 1.82. The Kier molecular flexibility index (Phi) is 3.47. The normalized spacial score (nSPS) is 18.2. The molecule has 1 aliphatic heterocycles. The number of carbonyl (C=O) groups excluding carboxylic acids is 1. The molecule has 1 aliphatic rings. The molecular formula is C12H20N4O. The van der Waals surface area contributed by atoms with E-state index in [0.29, 0.717) is 0 Å². The Morgan fingerprint density at radius 1 is 1.41 bits per heavy atom. The maximum absolute atomic E-state index is 12.3. The van der Waals surface area contributed by atoms with Gasteiger partial charge in [0.25, 0.3) is 0 Å². The number of aryl methyl sites for hydroxylation is 2. The second-order valence-corrected chi connectivity index (χ2v) is 4.62. The lowest BCUT2D eigenvalue weighted by atomic mass is 10.2. The lowest BCUT2D eigenvalue weighted by molar-refractivity contribution is -0.135. The Hall–Kier alpha value is -1.36. The zero-order valence-corrected chi connectivity index (χ0v) is 10.7. The average molecular weight is 236 g/mol. The molecule has 1 N–H and O–H groups in total. The largest absolute Gasteiger partial charge is 0.338 e. The van der Waals surface area contributed by atoms with Gasteiger partial charge in [-0.25, -0.2) is 0 Å². The molecule has 1 aromatic heterocycles. The minimum absolute atomic E-state index is 0.165. The van der Waals surface area contributed by atoms with Gasteiger partial charge in [0.15, 0.2) is 0 Å². The van der Waals surface area contributed by atoms with E-state index >= 15 is 0 Å². The predicted molar refractivity (Wildman–Crippen MR) is 65.9 cm³/mol. The molecule has 0 aliphatic carbocycles. The van der Waals surface area contributed by atoms with E-state index in [1.54, 1.807) is 0 Å². The molecule has 5 heteroatoms. The molecule has 1 unspecified atom stereocenters. The van der Waals surface area contributed by atoms with Crippen LogP contribution in [0.3, 0.4) is 0 Å². The topological polar surface area (TPSA) is 50.2 Å². The molecule has 1 fully saturated rings. The van der Waals surface area contributed by atoms with Gasteiger partial charge >= 0.3 is 0 Å². The Balaban J connectivity index is 2.11. The summed E-state index contributed by atoms with van der Waals surface area (Å²) >= 11 is 0. The van der Waals surface area contributed by atoms with Crippen molar-refractivity contribution in [2.75, 3.05) is 26.2 Å². The van der Waals surface area contributed by atoms with Gasteiger partial charge < -0.3 is 10.2 Å². The third kappa shape index (κ3) is 2.49. The molecule has 2 heterocycles. The van der Waals surface area contributed by atoms with Crippen LogP contribution < -0.4 is 5.32 Å². The number of hydrogen-bond donors (Lipinski definition) is 1. The van der Waals surface area contributed by atoms with Crippen molar-refractivity contribution in [1.29, 1.82) is 0 Å². The van der Waals surface area contributed by atoms with Crippen LogP contribution in [0, 0.1) is 13.8 Å². The average Bonchev–Trinajstić information content (AvgIpc) is 2.68. The molecule has 0 radical (unpaired) electrons. The van der Waals surface area contributed by atoms with Crippen molar-refractivity contribution in [3.8, 4) is 0 Å². The first-order valence-corrected chi connectivity index (χ1v) is 6.12. The van der Waals surface area contributed by atoms with Gasteiger partial charge in [-0.15, -0.1) is 0 Å². The van der Waals surface area contributed by atoms with Crippen molar-refractivity contribution in [3.05, 3.63) is 17.5 Å². The highest BCUT2D eigenvalue weighted by atomic mass is 16.2. The van der Waals surface area contributed by atoms with Crippen LogP contribution in [0.2, 0.25) is 0 Å². The maximum Gasteiger partial charge on any atom is 0.247 e. The van der Waals surface area contributed by atoms with E-state index in [4.69, 9.17) is 0 Å². The number of hydrogen-bond acceptors (Lipinski definition) is 3. The van der Waals surface area contributed by atoms with E-state index in [0.717, 1.165) is 37.6 Å². The third-order valence-corrected chi connectivity index (χ3v) is 3.20. The fraction of sp³-hybridized carbons (Fsp3) is 0.667. The highest BCUT2D eigenvalue weighted by Crippen LogP contribution is 2.14. The number of amides is 1. The standard InChI is InChI=1S/C12H20N4O/c1-9-8-10(2)16(14-9)11(3)12(17)15-6-4-13-5-7-15/h8,11,13H,4-7H2,1-3H3. The zero-order valence-electron chi connectivity index (χ0n) is 10.7. The maximum atomic E-state index is 12.3. The van der Waals surface area contributed by atoms with Crippen molar-refractivity contribution in [3.63, 3.8) is 0 Å². The number of aromatic nitrogens is 2. The quantitative estimate of drug-likeness (QED) is 0.813. The first-order chi connectivity index (χ1) is 8.09. The number of nitrogens with one attached hydrogen (secondary N) is 1. The Bertz CT molecular complexity index is 407. The minimum atomic E-state index is -0.207. The second-order valence-electron chi connectivity index (χ2n) is 4.62. The van der Waals surface area contributed by atoms with E-state index in [2.05, 4.69) is 10.4 Å². The van der Waals surface area contributed by atoms with Gasteiger partial charge in [-0.3, -0.25) is 9.48 Å². The van der Waals surface area contributed by atoms with E-state index in [1.807, 2.05) is 36.4 Å². The van der Waals surface area contributed by atoms with Gasteiger partial charge in [-0.05, 0) is 26.8 Å². The molecule has 5 nitrogen and oxygen atoms in total. The highest BCUT2D eigenvalue weighted by molar-refractivity contribution is 5.80. The van der Waals surface area contributed by atoms with Gasteiger partial charge in [0.2, 0.25) is 5.91 Å². The SMILES string of the molecule is Cc1cc(C)n(C(C)C(=O)N2CCNCC2)n1. The fourth-order valence-corrected chi connectivity index (χ4v) is 2.29. The van der Waals surface area contributed by atoms with Crippen LogP contribution in [0.1, 0.15) is 24.4 Å². The first-order valence-electron chi connectivity index (χ1n) is 6.12. The van der Waals surface area contributed by atoms with Gasteiger partial charge in [0, 0.05) is 31.9 Å². The molecule has 1 aromatic rings. The van der Waals surface area contributed by atoms with Crippen molar-refractivity contribution in [2.24, 2.45) is 0 Å². The molecular weight excluding hydrogens is 216 g/mol. The Morgan fingerprint density at radius 2 is 2.06 bits per heavy atom. The summed E-state index contributed by atoms with van der Waals surface area (Å²) in [6.45, 7) is 9.22. The monoisotopic (exact) mass is 236 g/mol. The van der Waals surface area contributed by atoms with Crippen LogP contribution in [0.5, 0.6) is 0 Å². The van der Waals surface area contributed by atoms with Crippen LogP contribution in [0.4, 0.5) is 0 Å². The molecule has 2 rings (SSSR count). The van der Waals surface area contributed by atoms with Crippen molar-refractivity contribution < 1.29 is 4.79 Å². The first kappa shape index (κ1) is 12.1. The molecule has 1 amide bonds. The van der Waals surface area contributed by atoms with Crippen LogP contribution in [-0.2, 0) is 4.79 Å². The molecule has 0 saturated carbocycles. The van der Waals surface area contributed by atoms with E-state index in [-0.39, 0.29) is 11.9 Å². The molecule has 94 valence electrons. The Morgan fingerprint density at radius 3 is 2.59 bits per heavy atom.